The maximum Gasteiger partial charge on any atom is 0.339 e. The van der Waals surface area contributed by atoms with Crippen LogP contribution in [-0.4, -0.2) is 35.6 Å². The van der Waals surface area contributed by atoms with Crippen LogP contribution >= 0.6 is 11.3 Å². The number of hydrogen-bond acceptors (Lipinski definition) is 6. The number of rotatable bonds is 4. The van der Waals surface area contributed by atoms with Crippen LogP contribution in [0.1, 0.15) is 41.0 Å². The third-order valence-electron chi connectivity index (χ3n) is 4.66. The van der Waals surface area contributed by atoms with Gasteiger partial charge in [-0.05, 0) is 44.0 Å². The van der Waals surface area contributed by atoms with E-state index in [9.17, 15) is 4.79 Å². The third-order valence-corrected chi connectivity index (χ3v) is 5.86. The highest BCUT2D eigenvalue weighted by molar-refractivity contribution is 7.18. The summed E-state index contributed by atoms with van der Waals surface area (Å²) in [5.74, 6) is 1.01. The molecule has 1 aliphatic rings. The first-order valence-electron chi connectivity index (χ1n) is 8.98. The van der Waals surface area contributed by atoms with E-state index in [0.717, 1.165) is 37.3 Å². The van der Waals surface area contributed by atoms with E-state index in [0.29, 0.717) is 18.1 Å². The second-order valence-electron chi connectivity index (χ2n) is 6.43. The molecular weight excluding hydrogens is 346 g/mol. The second kappa shape index (κ2) is 7.41. The highest BCUT2D eigenvalue weighted by Gasteiger charge is 2.25. The van der Waals surface area contributed by atoms with Gasteiger partial charge in [-0.2, -0.15) is 0 Å². The maximum atomic E-state index is 11.8. The second-order valence-corrected chi connectivity index (χ2v) is 7.49. The minimum Gasteiger partial charge on any atom is -0.462 e. The van der Waals surface area contributed by atoms with Gasteiger partial charge in [-0.3, -0.25) is 0 Å². The number of hydrogen-bond donors (Lipinski definition) is 0. The van der Waals surface area contributed by atoms with Gasteiger partial charge in [0.15, 0.2) is 0 Å². The molecule has 134 valence electrons. The molecule has 0 amide bonds. The highest BCUT2D eigenvalue weighted by Crippen LogP contribution is 2.34. The Morgan fingerprint density at radius 1 is 1.31 bits per heavy atom. The van der Waals surface area contributed by atoms with Crippen molar-refractivity contribution in [1.82, 2.24) is 9.97 Å². The molecule has 26 heavy (non-hydrogen) atoms. The van der Waals surface area contributed by atoms with Crippen molar-refractivity contribution >= 4 is 33.3 Å². The van der Waals surface area contributed by atoms with Crippen LogP contribution in [0.4, 0.5) is 5.82 Å². The van der Waals surface area contributed by atoms with E-state index in [2.05, 4.69) is 28.1 Å². The summed E-state index contributed by atoms with van der Waals surface area (Å²) in [5.41, 5.74) is 1.58. The number of para-hydroxylation sites is 1. The van der Waals surface area contributed by atoms with Gasteiger partial charge in [-0.15, -0.1) is 11.3 Å². The summed E-state index contributed by atoms with van der Waals surface area (Å²) in [5, 5.41) is 1.21. The van der Waals surface area contributed by atoms with Gasteiger partial charge in [-0.25, -0.2) is 14.8 Å². The normalized spacial score (nSPS) is 17.4. The summed E-state index contributed by atoms with van der Waals surface area (Å²) in [6.45, 7) is 4.06. The average molecular weight is 367 g/mol. The molecule has 0 spiro atoms. The largest absolute Gasteiger partial charge is 0.462 e. The molecule has 5 nitrogen and oxygen atoms in total. The van der Waals surface area contributed by atoms with Crippen LogP contribution in [0.5, 0.6) is 0 Å². The molecule has 1 fully saturated rings. The van der Waals surface area contributed by atoms with Gasteiger partial charge >= 0.3 is 5.97 Å². The minimum atomic E-state index is -0.322. The SMILES string of the molecule is CCOC(=O)c1ccc(N2CCC[C@H](c3nc4ccccc4s3)C2)nc1. The Labute approximate surface area is 156 Å². The monoisotopic (exact) mass is 367 g/mol. The van der Waals surface area contributed by atoms with Crippen molar-refractivity contribution < 1.29 is 9.53 Å². The van der Waals surface area contributed by atoms with Gasteiger partial charge in [0, 0.05) is 25.2 Å². The lowest BCUT2D eigenvalue weighted by Gasteiger charge is -2.32. The number of esters is 1. The molecule has 1 aromatic carbocycles. The molecule has 2 aromatic heterocycles. The van der Waals surface area contributed by atoms with Crippen LogP contribution in [0, 0.1) is 0 Å². The van der Waals surface area contributed by atoms with Crippen LogP contribution in [0.2, 0.25) is 0 Å². The predicted octanol–water partition coefficient (Wildman–Crippen LogP) is 4.25. The number of benzene rings is 1. The summed E-state index contributed by atoms with van der Waals surface area (Å²) in [4.78, 5) is 23.4. The van der Waals surface area contributed by atoms with Crippen molar-refractivity contribution in [2.75, 3.05) is 24.6 Å². The summed E-state index contributed by atoms with van der Waals surface area (Å²) in [6.07, 6.45) is 3.87. The summed E-state index contributed by atoms with van der Waals surface area (Å²) in [7, 11) is 0. The van der Waals surface area contributed by atoms with Crippen LogP contribution in [0.25, 0.3) is 10.2 Å². The van der Waals surface area contributed by atoms with Crippen molar-refractivity contribution in [3.05, 3.63) is 53.2 Å². The fourth-order valence-electron chi connectivity index (χ4n) is 3.36. The molecule has 1 aliphatic heterocycles. The Hall–Kier alpha value is -2.47. The van der Waals surface area contributed by atoms with Gasteiger partial charge in [-0.1, -0.05) is 12.1 Å². The molecule has 1 saturated heterocycles. The molecule has 1 atom stereocenters. The number of ether oxygens (including phenoxy) is 1. The first-order chi connectivity index (χ1) is 12.7. The lowest BCUT2D eigenvalue weighted by atomic mass is 9.98. The fourth-order valence-corrected chi connectivity index (χ4v) is 4.45. The highest BCUT2D eigenvalue weighted by atomic mass is 32.1. The molecule has 0 N–H and O–H groups in total. The van der Waals surface area contributed by atoms with Crippen LogP contribution < -0.4 is 4.90 Å². The minimum absolute atomic E-state index is 0.322. The molecule has 0 unspecified atom stereocenters. The van der Waals surface area contributed by atoms with E-state index in [1.54, 1.807) is 30.5 Å². The number of carbonyl (C=O) groups is 1. The number of fused-ring (bicyclic) bond motifs is 1. The number of piperidine rings is 1. The van der Waals surface area contributed by atoms with Crippen molar-refractivity contribution in [2.45, 2.75) is 25.7 Å². The first-order valence-corrected chi connectivity index (χ1v) is 9.80. The maximum absolute atomic E-state index is 11.8. The molecule has 0 bridgehead atoms. The molecule has 0 aliphatic carbocycles. The summed E-state index contributed by atoms with van der Waals surface area (Å²) >= 11 is 1.79. The van der Waals surface area contributed by atoms with Crippen molar-refractivity contribution in [1.29, 1.82) is 0 Å². The van der Waals surface area contributed by atoms with E-state index in [-0.39, 0.29) is 5.97 Å². The standard InChI is InChI=1S/C20H21N3O2S/c1-2-25-20(24)14-9-10-18(21-12-14)23-11-5-6-15(13-23)19-22-16-7-3-4-8-17(16)26-19/h3-4,7-10,12,15H,2,5-6,11,13H2,1H3/t15-/m0/s1. The molecule has 4 rings (SSSR count). The zero-order chi connectivity index (χ0) is 17.9. The lowest BCUT2D eigenvalue weighted by molar-refractivity contribution is 0.0526. The fraction of sp³-hybridized carbons (Fsp3) is 0.350. The number of carbonyl (C=O) groups excluding carboxylic acids is 1. The van der Waals surface area contributed by atoms with E-state index < -0.39 is 0 Å². The summed E-state index contributed by atoms with van der Waals surface area (Å²) in [6, 6.07) is 12.0. The van der Waals surface area contributed by atoms with Gasteiger partial charge in [0.05, 0.1) is 27.4 Å². The van der Waals surface area contributed by atoms with E-state index in [4.69, 9.17) is 9.72 Å². The van der Waals surface area contributed by atoms with E-state index in [1.165, 1.54) is 9.71 Å². The number of nitrogens with zero attached hydrogens (tertiary/aromatic N) is 3. The number of anilines is 1. The van der Waals surface area contributed by atoms with Gasteiger partial charge < -0.3 is 9.64 Å². The number of aromatic nitrogens is 2. The Morgan fingerprint density at radius 3 is 2.96 bits per heavy atom. The van der Waals surface area contributed by atoms with Crippen molar-refractivity contribution in [2.24, 2.45) is 0 Å². The van der Waals surface area contributed by atoms with E-state index >= 15 is 0 Å². The van der Waals surface area contributed by atoms with Crippen molar-refractivity contribution in [3.8, 4) is 0 Å². The Balaban J connectivity index is 1.50. The topological polar surface area (TPSA) is 55.3 Å². The average Bonchev–Trinajstić information content (AvgIpc) is 3.13. The van der Waals surface area contributed by atoms with Crippen molar-refractivity contribution in [3.63, 3.8) is 0 Å². The summed E-state index contributed by atoms with van der Waals surface area (Å²) < 4.78 is 6.26. The van der Waals surface area contributed by atoms with Crippen LogP contribution in [0.15, 0.2) is 42.6 Å². The molecule has 0 saturated carbocycles. The zero-order valence-electron chi connectivity index (χ0n) is 14.7. The quantitative estimate of drug-likeness (QED) is 0.645. The Morgan fingerprint density at radius 2 is 2.19 bits per heavy atom. The molecule has 3 heterocycles. The Kier molecular flexibility index (Phi) is 4.84. The van der Waals surface area contributed by atoms with E-state index in [1.807, 2.05) is 12.1 Å². The van der Waals surface area contributed by atoms with Crippen LogP contribution in [-0.2, 0) is 4.74 Å². The van der Waals surface area contributed by atoms with Crippen LogP contribution in [0.3, 0.4) is 0 Å². The third kappa shape index (κ3) is 3.42. The smallest absolute Gasteiger partial charge is 0.339 e. The van der Waals surface area contributed by atoms with Gasteiger partial charge in [0.1, 0.15) is 5.82 Å². The predicted molar refractivity (Wildman–Crippen MR) is 104 cm³/mol. The zero-order valence-corrected chi connectivity index (χ0v) is 15.5. The molecule has 6 heteroatoms. The Bertz CT molecular complexity index is 874. The molecule has 0 radical (unpaired) electrons. The number of pyridine rings is 1. The van der Waals surface area contributed by atoms with Gasteiger partial charge in [0.25, 0.3) is 0 Å². The lowest BCUT2D eigenvalue weighted by Crippen LogP contribution is -2.34. The molecule has 3 aromatic rings. The number of thiazole rings is 1. The molecular formula is C20H21N3O2S. The van der Waals surface area contributed by atoms with Gasteiger partial charge in [0.2, 0.25) is 0 Å². The first kappa shape index (κ1) is 17.0.